The number of nitrogens with one attached hydrogen (secondary N) is 1. The van der Waals surface area contributed by atoms with Crippen LogP contribution in [0, 0.1) is 0 Å². The molecular formula is C14H20N2O7. The maximum Gasteiger partial charge on any atom is 0.351 e. The minimum absolute atomic E-state index is 0.0939. The fourth-order valence-corrected chi connectivity index (χ4v) is 2.19. The molecule has 0 bridgehead atoms. The molecular weight excluding hydrogens is 308 g/mol. The van der Waals surface area contributed by atoms with E-state index in [1.54, 1.807) is 0 Å². The van der Waals surface area contributed by atoms with Gasteiger partial charge in [-0.25, -0.2) is 4.79 Å². The quantitative estimate of drug-likeness (QED) is 0.391. The summed E-state index contributed by atoms with van der Waals surface area (Å²) < 4.78 is 5.19. The van der Waals surface area contributed by atoms with Crippen LogP contribution in [0.4, 0.5) is 0 Å². The second-order valence-corrected chi connectivity index (χ2v) is 5.04. The Bertz CT molecular complexity index is 580. The van der Waals surface area contributed by atoms with Crippen LogP contribution in [0.25, 0.3) is 0 Å². The number of carboxylic acid groups (broad SMARTS) is 2. The molecule has 0 aromatic carbocycles. The van der Waals surface area contributed by atoms with E-state index in [1.807, 2.05) is 0 Å². The number of ether oxygens (including phenoxy) is 1. The lowest BCUT2D eigenvalue weighted by atomic mass is 9.85. The minimum atomic E-state index is -1.58. The lowest BCUT2D eigenvalue weighted by Gasteiger charge is -2.34. The highest BCUT2D eigenvalue weighted by molar-refractivity contribution is 6.01. The molecule has 0 saturated heterocycles. The summed E-state index contributed by atoms with van der Waals surface area (Å²) in [5.74, 6) is -2.22. The molecule has 0 heterocycles. The second kappa shape index (κ2) is 7.75. The zero-order chi connectivity index (χ0) is 17.6. The monoisotopic (exact) mass is 328 g/mol. The van der Waals surface area contributed by atoms with Gasteiger partial charge in [-0.2, -0.15) is 0 Å². The van der Waals surface area contributed by atoms with Crippen molar-refractivity contribution in [2.45, 2.75) is 25.4 Å². The Morgan fingerprint density at radius 2 is 2.04 bits per heavy atom. The first-order valence-electron chi connectivity index (χ1n) is 6.78. The van der Waals surface area contributed by atoms with Gasteiger partial charge in [-0.1, -0.05) is 6.08 Å². The maximum atomic E-state index is 11.1. The number of hydrogen-bond acceptors (Lipinski definition) is 7. The highest BCUT2D eigenvalue weighted by atomic mass is 16.5. The van der Waals surface area contributed by atoms with Crippen molar-refractivity contribution in [2.24, 2.45) is 4.99 Å². The molecule has 1 aliphatic carbocycles. The van der Waals surface area contributed by atoms with Crippen molar-refractivity contribution in [1.82, 2.24) is 5.32 Å². The average molecular weight is 328 g/mol. The first-order valence-corrected chi connectivity index (χ1v) is 6.78. The van der Waals surface area contributed by atoms with Crippen molar-refractivity contribution in [3.05, 3.63) is 23.2 Å². The predicted molar refractivity (Wildman–Crippen MR) is 79.8 cm³/mol. The molecule has 0 radical (unpaired) electrons. The van der Waals surface area contributed by atoms with Crippen LogP contribution in [-0.4, -0.2) is 63.9 Å². The van der Waals surface area contributed by atoms with Gasteiger partial charge in [0.15, 0.2) is 5.76 Å². The lowest BCUT2D eigenvalue weighted by Crippen LogP contribution is -2.43. The standard InChI is InChI=1S/C14H20N2O7/c1-3-8(13(20)21)16-10-5-14(22,7-17)4-9(12(10)23-2)15-6-11(18)19/h3,16-17,22H,4-7H2,1-2H3,(H,18,19)(H,20,21)/b8-3+,15-9?. The van der Waals surface area contributed by atoms with Gasteiger partial charge in [0.05, 0.1) is 30.7 Å². The largest absolute Gasteiger partial charge is 0.493 e. The fourth-order valence-electron chi connectivity index (χ4n) is 2.19. The van der Waals surface area contributed by atoms with Gasteiger partial charge in [-0.05, 0) is 6.92 Å². The summed E-state index contributed by atoms with van der Waals surface area (Å²) in [5, 5.41) is 40.2. The SMILES string of the molecule is C/C=C(/NC1=C(OC)C(=NCC(=O)O)CC(O)(CO)C1)C(=O)O. The third-order valence-corrected chi connectivity index (χ3v) is 3.25. The molecule has 5 N–H and O–H groups in total. The van der Waals surface area contributed by atoms with E-state index in [1.165, 1.54) is 20.1 Å². The number of carbonyl (C=O) groups is 2. The Hall–Kier alpha value is -2.39. The summed E-state index contributed by atoms with van der Waals surface area (Å²) in [6.07, 6.45) is 1.12. The molecule has 0 aromatic rings. The normalized spacial score (nSPS) is 23.8. The van der Waals surface area contributed by atoms with E-state index in [2.05, 4.69) is 10.3 Å². The molecule has 0 aromatic heterocycles. The molecule has 9 heteroatoms. The molecule has 0 saturated carbocycles. The van der Waals surface area contributed by atoms with Crippen LogP contribution >= 0.6 is 0 Å². The van der Waals surface area contributed by atoms with Gasteiger partial charge in [0.1, 0.15) is 12.2 Å². The number of aliphatic hydroxyl groups excluding tert-OH is 1. The third kappa shape index (κ3) is 4.80. The van der Waals surface area contributed by atoms with Gasteiger partial charge in [0.25, 0.3) is 0 Å². The number of aliphatic hydroxyl groups is 2. The molecule has 23 heavy (non-hydrogen) atoms. The van der Waals surface area contributed by atoms with Gasteiger partial charge in [-0.15, -0.1) is 0 Å². The highest BCUT2D eigenvalue weighted by Gasteiger charge is 2.38. The Morgan fingerprint density at radius 1 is 1.39 bits per heavy atom. The van der Waals surface area contributed by atoms with Crippen molar-refractivity contribution in [1.29, 1.82) is 0 Å². The smallest absolute Gasteiger partial charge is 0.351 e. The zero-order valence-electron chi connectivity index (χ0n) is 12.9. The molecule has 0 fully saturated rings. The van der Waals surface area contributed by atoms with Gasteiger partial charge in [-0.3, -0.25) is 9.79 Å². The molecule has 128 valence electrons. The Labute approximate surface area is 132 Å². The summed E-state index contributed by atoms with van der Waals surface area (Å²) in [4.78, 5) is 25.7. The number of hydrogen-bond donors (Lipinski definition) is 5. The summed E-state index contributed by atoms with van der Waals surface area (Å²) >= 11 is 0. The second-order valence-electron chi connectivity index (χ2n) is 5.04. The number of carboxylic acids is 2. The van der Waals surface area contributed by atoms with Gasteiger partial charge >= 0.3 is 11.9 Å². The Kier molecular flexibility index (Phi) is 6.28. The molecule has 9 nitrogen and oxygen atoms in total. The molecule has 1 atom stereocenters. The van der Waals surface area contributed by atoms with Crippen molar-refractivity contribution in [2.75, 3.05) is 20.3 Å². The molecule has 1 rings (SSSR count). The van der Waals surface area contributed by atoms with Crippen LogP contribution in [-0.2, 0) is 14.3 Å². The maximum absolute atomic E-state index is 11.1. The molecule has 1 aliphatic rings. The number of nitrogens with zero attached hydrogens (tertiary/aromatic N) is 1. The van der Waals surface area contributed by atoms with E-state index in [9.17, 15) is 19.8 Å². The van der Waals surface area contributed by atoms with Crippen LogP contribution < -0.4 is 5.32 Å². The molecule has 0 spiro atoms. The Morgan fingerprint density at radius 3 is 2.48 bits per heavy atom. The van der Waals surface area contributed by atoms with E-state index in [-0.39, 0.29) is 35.7 Å². The van der Waals surface area contributed by atoms with Gasteiger partial charge in [0.2, 0.25) is 0 Å². The minimum Gasteiger partial charge on any atom is -0.493 e. The third-order valence-electron chi connectivity index (χ3n) is 3.25. The average Bonchev–Trinajstić information content (AvgIpc) is 2.49. The van der Waals surface area contributed by atoms with E-state index in [0.29, 0.717) is 0 Å². The number of aliphatic imine (C=N–C) groups is 1. The predicted octanol–water partition coefficient (Wildman–Crippen LogP) is -0.535. The van der Waals surface area contributed by atoms with Gasteiger partial charge in [0, 0.05) is 12.8 Å². The van der Waals surface area contributed by atoms with E-state index in [0.717, 1.165) is 0 Å². The topological polar surface area (TPSA) is 149 Å². The number of methoxy groups -OCH3 is 1. The zero-order valence-corrected chi connectivity index (χ0v) is 12.9. The van der Waals surface area contributed by atoms with Crippen molar-refractivity contribution in [3.63, 3.8) is 0 Å². The van der Waals surface area contributed by atoms with Crippen LogP contribution in [0.3, 0.4) is 0 Å². The molecule has 0 aliphatic heterocycles. The first kappa shape index (κ1) is 18.7. The first-order chi connectivity index (χ1) is 10.8. The molecule has 1 unspecified atom stereocenters. The summed E-state index contributed by atoms with van der Waals surface area (Å²) in [5.41, 5.74) is -1.38. The van der Waals surface area contributed by atoms with E-state index < -0.39 is 30.7 Å². The van der Waals surface area contributed by atoms with Crippen LogP contribution in [0.15, 0.2) is 28.2 Å². The Balaban J connectivity index is 3.30. The number of allylic oxidation sites excluding steroid dienone is 2. The summed E-state index contributed by atoms with van der Waals surface area (Å²) in [6.45, 7) is 0.385. The van der Waals surface area contributed by atoms with Crippen LogP contribution in [0.5, 0.6) is 0 Å². The summed E-state index contributed by atoms with van der Waals surface area (Å²) in [7, 11) is 1.33. The van der Waals surface area contributed by atoms with Crippen LogP contribution in [0.2, 0.25) is 0 Å². The summed E-state index contributed by atoms with van der Waals surface area (Å²) in [6, 6.07) is 0. The number of rotatable bonds is 7. The van der Waals surface area contributed by atoms with E-state index in [4.69, 9.17) is 14.9 Å². The van der Waals surface area contributed by atoms with E-state index >= 15 is 0 Å². The van der Waals surface area contributed by atoms with Crippen LogP contribution in [0.1, 0.15) is 19.8 Å². The molecule has 0 amide bonds. The fraction of sp³-hybridized carbons (Fsp3) is 0.500. The van der Waals surface area contributed by atoms with Crippen molar-refractivity contribution >= 4 is 17.7 Å². The van der Waals surface area contributed by atoms with Crippen molar-refractivity contribution in [3.8, 4) is 0 Å². The van der Waals surface area contributed by atoms with Crippen molar-refractivity contribution < 1.29 is 34.8 Å². The number of aliphatic carboxylic acids is 2. The highest BCUT2D eigenvalue weighted by Crippen LogP contribution is 2.30. The van der Waals surface area contributed by atoms with Gasteiger partial charge < -0.3 is 30.5 Å². The lowest BCUT2D eigenvalue weighted by molar-refractivity contribution is -0.135.